The van der Waals surface area contributed by atoms with Crippen LogP contribution in [0.2, 0.25) is 5.15 Å². The SMILES string of the molecule is CC1=COc2cc(C)ccc2C(=O)N1CCCCN1CC=C(c2cccc(Cl)n2)CC1. The van der Waals surface area contributed by atoms with Crippen LogP contribution in [0.3, 0.4) is 0 Å². The number of hydrogen-bond acceptors (Lipinski definition) is 4. The molecule has 0 N–H and O–H groups in total. The van der Waals surface area contributed by atoms with E-state index in [1.807, 2.05) is 49.1 Å². The summed E-state index contributed by atoms with van der Waals surface area (Å²) in [6.45, 7) is 7.58. The van der Waals surface area contributed by atoms with Crippen molar-refractivity contribution >= 4 is 23.1 Å². The Labute approximate surface area is 189 Å². The Kier molecular flexibility index (Phi) is 6.73. The summed E-state index contributed by atoms with van der Waals surface area (Å²) in [6, 6.07) is 11.5. The molecule has 0 saturated heterocycles. The van der Waals surface area contributed by atoms with Gasteiger partial charge in [-0.05, 0) is 75.1 Å². The fourth-order valence-electron chi connectivity index (χ4n) is 4.04. The van der Waals surface area contributed by atoms with E-state index in [0.717, 1.165) is 55.9 Å². The molecule has 0 saturated carbocycles. The number of nitrogens with zero attached hydrogens (tertiary/aromatic N) is 3. The first kappa shape index (κ1) is 21.6. The second kappa shape index (κ2) is 9.67. The highest BCUT2D eigenvalue weighted by atomic mass is 35.5. The van der Waals surface area contributed by atoms with Gasteiger partial charge in [-0.2, -0.15) is 0 Å². The van der Waals surface area contributed by atoms with Crippen molar-refractivity contribution in [1.29, 1.82) is 0 Å². The van der Waals surface area contributed by atoms with Crippen LogP contribution in [-0.4, -0.2) is 46.9 Å². The number of fused-ring (bicyclic) bond motifs is 1. The molecule has 162 valence electrons. The lowest BCUT2D eigenvalue weighted by Gasteiger charge is -2.27. The molecular weight excluding hydrogens is 410 g/mol. The highest BCUT2D eigenvalue weighted by Crippen LogP contribution is 2.27. The van der Waals surface area contributed by atoms with E-state index in [0.29, 0.717) is 23.0 Å². The fraction of sp³-hybridized carbons (Fsp3) is 0.360. The van der Waals surface area contributed by atoms with E-state index < -0.39 is 0 Å². The zero-order valence-electron chi connectivity index (χ0n) is 18.1. The molecule has 1 aromatic carbocycles. The van der Waals surface area contributed by atoms with Gasteiger partial charge in [0, 0.05) is 19.6 Å². The zero-order valence-corrected chi connectivity index (χ0v) is 18.9. The van der Waals surface area contributed by atoms with Gasteiger partial charge >= 0.3 is 0 Å². The van der Waals surface area contributed by atoms with Crippen molar-refractivity contribution in [2.24, 2.45) is 0 Å². The van der Waals surface area contributed by atoms with Crippen molar-refractivity contribution < 1.29 is 9.53 Å². The summed E-state index contributed by atoms with van der Waals surface area (Å²) >= 11 is 6.02. The molecule has 3 heterocycles. The number of pyridine rings is 1. The van der Waals surface area contributed by atoms with Gasteiger partial charge in [-0.25, -0.2) is 4.98 Å². The van der Waals surface area contributed by atoms with E-state index >= 15 is 0 Å². The molecule has 0 spiro atoms. The molecule has 0 bridgehead atoms. The number of rotatable bonds is 6. The highest BCUT2D eigenvalue weighted by Gasteiger charge is 2.24. The predicted molar refractivity (Wildman–Crippen MR) is 124 cm³/mol. The van der Waals surface area contributed by atoms with Gasteiger partial charge in [0.1, 0.15) is 17.2 Å². The van der Waals surface area contributed by atoms with E-state index in [-0.39, 0.29) is 5.91 Å². The van der Waals surface area contributed by atoms with Crippen molar-refractivity contribution in [3.63, 3.8) is 0 Å². The van der Waals surface area contributed by atoms with Gasteiger partial charge in [-0.15, -0.1) is 0 Å². The largest absolute Gasteiger partial charge is 0.462 e. The van der Waals surface area contributed by atoms with Gasteiger partial charge in [0.25, 0.3) is 5.91 Å². The first-order chi connectivity index (χ1) is 15.0. The smallest absolute Gasteiger partial charge is 0.261 e. The Morgan fingerprint density at radius 1 is 1.13 bits per heavy atom. The van der Waals surface area contributed by atoms with Gasteiger partial charge in [-0.1, -0.05) is 29.8 Å². The second-order valence-corrected chi connectivity index (χ2v) is 8.55. The zero-order chi connectivity index (χ0) is 21.8. The lowest BCUT2D eigenvalue weighted by molar-refractivity contribution is 0.0804. The summed E-state index contributed by atoms with van der Waals surface area (Å²) in [5.74, 6) is 0.651. The monoisotopic (exact) mass is 437 g/mol. The maximum atomic E-state index is 13.0. The molecule has 5 nitrogen and oxygen atoms in total. The van der Waals surface area contributed by atoms with E-state index in [1.54, 1.807) is 12.3 Å². The summed E-state index contributed by atoms with van der Waals surface area (Å²) in [4.78, 5) is 21.7. The molecule has 2 aromatic rings. The van der Waals surface area contributed by atoms with Crippen molar-refractivity contribution in [2.45, 2.75) is 33.1 Å². The molecule has 0 fully saturated rings. The molecule has 2 aliphatic rings. The van der Waals surface area contributed by atoms with Gasteiger partial charge in [-0.3, -0.25) is 9.69 Å². The second-order valence-electron chi connectivity index (χ2n) is 8.17. The number of carbonyl (C=O) groups excluding carboxylic acids is 1. The molecule has 0 radical (unpaired) electrons. The lowest BCUT2D eigenvalue weighted by atomic mass is 10.0. The molecule has 6 heteroatoms. The third-order valence-corrected chi connectivity index (χ3v) is 6.05. The van der Waals surface area contributed by atoms with Crippen molar-refractivity contribution in [3.8, 4) is 5.75 Å². The number of hydrogen-bond donors (Lipinski definition) is 0. The number of halogens is 1. The summed E-state index contributed by atoms with van der Waals surface area (Å²) < 4.78 is 5.74. The molecular formula is C25H28ClN3O2. The molecule has 0 aliphatic carbocycles. The van der Waals surface area contributed by atoms with Crippen LogP contribution in [-0.2, 0) is 0 Å². The van der Waals surface area contributed by atoms with E-state index in [4.69, 9.17) is 16.3 Å². The maximum absolute atomic E-state index is 13.0. The van der Waals surface area contributed by atoms with Crippen LogP contribution >= 0.6 is 11.6 Å². The van der Waals surface area contributed by atoms with Gasteiger partial charge in [0.05, 0.1) is 17.0 Å². The Hall–Kier alpha value is -2.63. The van der Waals surface area contributed by atoms with Crippen LogP contribution in [0.15, 0.2) is 54.4 Å². The van der Waals surface area contributed by atoms with Crippen molar-refractivity contribution in [3.05, 3.63) is 76.4 Å². The predicted octanol–water partition coefficient (Wildman–Crippen LogP) is 5.31. The first-order valence-electron chi connectivity index (χ1n) is 10.8. The molecule has 0 atom stereocenters. The Morgan fingerprint density at radius 3 is 2.74 bits per heavy atom. The summed E-state index contributed by atoms with van der Waals surface area (Å²) in [6.07, 6.45) is 6.90. The van der Waals surface area contributed by atoms with Crippen LogP contribution in [0.4, 0.5) is 0 Å². The van der Waals surface area contributed by atoms with Gasteiger partial charge < -0.3 is 9.64 Å². The van der Waals surface area contributed by atoms with Crippen molar-refractivity contribution in [1.82, 2.24) is 14.8 Å². The number of aryl methyl sites for hydroxylation is 1. The molecule has 1 amide bonds. The number of benzene rings is 1. The number of ether oxygens (including phenoxy) is 1. The van der Waals surface area contributed by atoms with Crippen LogP contribution in [0.25, 0.3) is 5.57 Å². The van der Waals surface area contributed by atoms with Crippen molar-refractivity contribution in [2.75, 3.05) is 26.2 Å². The normalized spacial score (nSPS) is 16.9. The topological polar surface area (TPSA) is 45.7 Å². The number of amides is 1. The summed E-state index contributed by atoms with van der Waals surface area (Å²) in [7, 11) is 0. The number of unbranched alkanes of at least 4 members (excludes halogenated alkanes) is 1. The number of aromatic nitrogens is 1. The highest BCUT2D eigenvalue weighted by molar-refractivity contribution is 6.29. The first-order valence-corrected chi connectivity index (χ1v) is 11.2. The summed E-state index contributed by atoms with van der Waals surface area (Å²) in [5, 5.41) is 0.538. The quantitative estimate of drug-likeness (QED) is 0.454. The summed E-state index contributed by atoms with van der Waals surface area (Å²) in [5.41, 5.74) is 4.80. The number of allylic oxidation sites excluding steroid dienone is 1. The minimum Gasteiger partial charge on any atom is -0.462 e. The third-order valence-electron chi connectivity index (χ3n) is 5.84. The molecule has 1 aromatic heterocycles. The van der Waals surface area contributed by atoms with E-state index in [2.05, 4.69) is 16.0 Å². The van der Waals surface area contributed by atoms with E-state index in [9.17, 15) is 4.79 Å². The van der Waals surface area contributed by atoms with Crippen LogP contribution in [0.5, 0.6) is 5.75 Å². The minimum absolute atomic E-state index is 0.0146. The average Bonchev–Trinajstić information content (AvgIpc) is 2.88. The standard InChI is InChI=1S/C25H28ClN3O2/c1-18-8-9-21-23(16-18)31-17-19(2)29(25(21)30)13-4-3-12-28-14-10-20(11-15-28)22-6-5-7-24(26)27-22/h5-10,16-17H,3-4,11-15H2,1-2H3. The van der Waals surface area contributed by atoms with E-state index in [1.165, 1.54) is 5.57 Å². The average molecular weight is 438 g/mol. The molecule has 4 rings (SSSR count). The molecule has 0 unspecified atom stereocenters. The molecule has 31 heavy (non-hydrogen) atoms. The number of carbonyl (C=O) groups is 1. The van der Waals surface area contributed by atoms with Crippen LogP contribution in [0.1, 0.15) is 47.8 Å². The molecule has 2 aliphatic heterocycles. The third kappa shape index (κ3) is 5.17. The Bertz CT molecular complexity index is 1030. The fourth-order valence-corrected chi connectivity index (χ4v) is 4.20. The minimum atomic E-state index is 0.0146. The van der Waals surface area contributed by atoms with Gasteiger partial charge in [0.15, 0.2) is 0 Å². The lowest BCUT2D eigenvalue weighted by Crippen LogP contribution is -2.32. The Morgan fingerprint density at radius 2 is 1.97 bits per heavy atom. The van der Waals surface area contributed by atoms with Crippen LogP contribution in [0, 0.1) is 6.92 Å². The Balaban J connectivity index is 1.28. The maximum Gasteiger partial charge on any atom is 0.261 e. The van der Waals surface area contributed by atoms with Gasteiger partial charge in [0.2, 0.25) is 0 Å². The van der Waals surface area contributed by atoms with Crippen LogP contribution < -0.4 is 4.74 Å².